The quantitative estimate of drug-likeness (QED) is 0.590. The van der Waals surface area contributed by atoms with Crippen molar-refractivity contribution in [2.75, 3.05) is 5.75 Å². The molecule has 0 saturated carbocycles. The summed E-state index contributed by atoms with van der Waals surface area (Å²) in [5, 5.41) is 0. The molecule has 5 heteroatoms. The van der Waals surface area contributed by atoms with Crippen molar-refractivity contribution in [3.8, 4) is 0 Å². The van der Waals surface area contributed by atoms with Gasteiger partial charge in [-0.1, -0.05) is 23.8 Å². The predicted octanol–water partition coefficient (Wildman–Crippen LogP) is 3.24. The Labute approximate surface area is 103 Å². The van der Waals surface area contributed by atoms with Crippen LogP contribution < -0.4 is 0 Å². The lowest BCUT2D eigenvalue weighted by atomic mass is 10.1. The standard InChI is InChI=1S/C12H15F2NOS/c1-3-4-8-17(16)15-9(2)10-6-5-7-11(13)12(10)14/h5-7H,3-4,8H2,1-2H3. The minimum absolute atomic E-state index is 0.0647. The maximum Gasteiger partial charge on any atom is 0.168 e. The van der Waals surface area contributed by atoms with Gasteiger partial charge in [-0.25, -0.2) is 8.78 Å². The smallest absolute Gasteiger partial charge is 0.168 e. The third kappa shape index (κ3) is 4.09. The van der Waals surface area contributed by atoms with E-state index >= 15 is 0 Å². The van der Waals surface area contributed by atoms with Gasteiger partial charge in [0.2, 0.25) is 0 Å². The summed E-state index contributed by atoms with van der Waals surface area (Å²) in [6.07, 6.45) is 1.73. The Morgan fingerprint density at radius 3 is 2.76 bits per heavy atom. The van der Waals surface area contributed by atoms with Gasteiger partial charge in [-0.15, -0.1) is 0 Å². The molecule has 1 aromatic rings. The highest BCUT2D eigenvalue weighted by Crippen LogP contribution is 2.13. The van der Waals surface area contributed by atoms with E-state index in [2.05, 4.69) is 4.40 Å². The molecule has 0 aromatic heterocycles. The lowest BCUT2D eigenvalue weighted by Crippen LogP contribution is -2.08. The molecule has 0 aliphatic carbocycles. The maximum absolute atomic E-state index is 13.4. The molecular formula is C12H15F2NOS. The third-order valence-corrected chi connectivity index (χ3v) is 3.37. The van der Waals surface area contributed by atoms with Gasteiger partial charge in [0.1, 0.15) is 5.75 Å². The minimum atomic E-state index is -1.37. The fraction of sp³-hybridized carbons (Fsp3) is 0.417. The highest BCUT2D eigenvalue weighted by molar-refractivity contribution is 7.90. The van der Waals surface area contributed by atoms with E-state index in [4.69, 9.17) is 0 Å². The molecule has 0 fully saturated rings. The molecule has 0 amide bonds. The van der Waals surface area contributed by atoms with Crippen LogP contribution in [0.25, 0.3) is 0 Å². The van der Waals surface area contributed by atoms with Crippen LogP contribution in [-0.4, -0.2) is 16.0 Å². The lowest BCUT2D eigenvalue weighted by molar-refractivity contribution is 0.507. The van der Waals surface area contributed by atoms with Crippen LogP contribution in [0.5, 0.6) is 0 Å². The molecule has 1 aromatic carbocycles. The van der Waals surface area contributed by atoms with E-state index in [0.717, 1.165) is 18.9 Å². The molecule has 1 atom stereocenters. The van der Waals surface area contributed by atoms with E-state index in [-0.39, 0.29) is 11.3 Å². The summed E-state index contributed by atoms with van der Waals surface area (Å²) in [5.41, 5.74) is 0.325. The summed E-state index contributed by atoms with van der Waals surface area (Å²) in [6.45, 7) is 3.52. The van der Waals surface area contributed by atoms with Gasteiger partial charge < -0.3 is 4.55 Å². The topological polar surface area (TPSA) is 35.4 Å². The molecule has 0 aliphatic heterocycles. The summed E-state index contributed by atoms with van der Waals surface area (Å²) in [7, 11) is 0. The van der Waals surface area contributed by atoms with Crippen molar-refractivity contribution < 1.29 is 13.3 Å². The molecule has 0 heterocycles. The fourth-order valence-electron chi connectivity index (χ4n) is 1.30. The predicted molar refractivity (Wildman–Crippen MR) is 66.5 cm³/mol. The highest BCUT2D eigenvalue weighted by atomic mass is 32.2. The van der Waals surface area contributed by atoms with Gasteiger partial charge in [-0.05, 0) is 25.5 Å². The van der Waals surface area contributed by atoms with E-state index in [1.807, 2.05) is 6.92 Å². The molecule has 1 rings (SSSR count). The Hall–Kier alpha value is -0.940. The second kappa shape index (κ2) is 6.71. The van der Waals surface area contributed by atoms with Crippen LogP contribution in [0.15, 0.2) is 22.6 Å². The maximum atomic E-state index is 13.4. The molecular weight excluding hydrogens is 244 g/mol. The number of rotatable bonds is 5. The zero-order chi connectivity index (χ0) is 12.8. The average Bonchev–Trinajstić information content (AvgIpc) is 2.29. The number of nitrogens with zero attached hydrogens (tertiary/aromatic N) is 1. The Morgan fingerprint density at radius 1 is 1.41 bits per heavy atom. The molecule has 94 valence electrons. The van der Waals surface area contributed by atoms with Crippen molar-refractivity contribution in [3.05, 3.63) is 35.4 Å². The Kier molecular flexibility index (Phi) is 5.58. The second-order valence-electron chi connectivity index (χ2n) is 3.66. The van der Waals surface area contributed by atoms with E-state index in [1.54, 1.807) is 0 Å². The van der Waals surface area contributed by atoms with Crippen molar-refractivity contribution in [1.82, 2.24) is 0 Å². The van der Waals surface area contributed by atoms with Crippen LogP contribution in [0.1, 0.15) is 32.3 Å². The van der Waals surface area contributed by atoms with E-state index in [1.165, 1.54) is 19.1 Å². The van der Waals surface area contributed by atoms with Crippen LogP contribution in [0.2, 0.25) is 0 Å². The third-order valence-electron chi connectivity index (χ3n) is 2.25. The summed E-state index contributed by atoms with van der Waals surface area (Å²) in [6, 6.07) is 3.87. The zero-order valence-electron chi connectivity index (χ0n) is 9.87. The minimum Gasteiger partial charge on any atom is -0.591 e. The van der Waals surface area contributed by atoms with E-state index in [0.29, 0.717) is 5.75 Å². The molecule has 1 unspecified atom stereocenters. The first-order valence-corrected chi connectivity index (χ1v) is 6.72. The van der Waals surface area contributed by atoms with Crippen molar-refractivity contribution >= 4 is 17.1 Å². The van der Waals surface area contributed by atoms with Gasteiger partial charge in [-0.3, -0.25) is 0 Å². The van der Waals surface area contributed by atoms with E-state index in [9.17, 15) is 13.3 Å². The summed E-state index contributed by atoms with van der Waals surface area (Å²) < 4.78 is 41.7. The monoisotopic (exact) mass is 259 g/mol. The van der Waals surface area contributed by atoms with Crippen molar-refractivity contribution in [2.24, 2.45) is 4.40 Å². The number of benzene rings is 1. The number of hydrogen-bond acceptors (Lipinski definition) is 2. The van der Waals surface area contributed by atoms with Gasteiger partial charge in [0, 0.05) is 5.56 Å². The molecule has 0 spiro atoms. The molecule has 0 aliphatic rings. The SMILES string of the molecule is CCCC[S+]([O-])N=C(C)c1cccc(F)c1F. The van der Waals surface area contributed by atoms with Gasteiger partial charge in [0.25, 0.3) is 0 Å². The molecule has 0 radical (unpaired) electrons. The first kappa shape index (κ1) is 14.1. The van der Waals surface area contributed by atoms with Crippen LogP contribution in [0.4, 0.5) is 8.78 Å². The van der Waals surface area contributed by atoms with Gasteiger partial charge in [0.15, 0.2) is 11.6 Å². The van der Waals surface area contributed by atoms with Crippen LogP contribution in [0.3, 0.4) is 0 Å². The van der Waals surface area contributed by atoms with E-state index < -0.39 is 23.0 Å². The summed E-state index contributed by atoms with van der Waals surface area (Å²) in [4.78, 5) is 0. The number of unbranched alkanes of at least 4 members (excludes halogenated alkanes) is 1. The Balaban J connectivity index is 2.84. The van der Waals surface area contributed by atoms with Crippen molar-refractivity contribution in [3.63, 3.8) is 0 Å². The second-order valence-corrected chi connectivity index (χ2v) is 4.89. The fourth-order valence-corrected chi connectivity index (χ4v) is 2.33. The van der Waals surface area contributed by atoms with Crippen LogP contribution in [-0.2, 0) is 11.4 Å². The molecule has 0 saturated heterocycles. The molecule has 0 N–H and O–H groups in total. The first-order chi connectivity index (χ1) is 8.06. The number of halogens is 2. The number of hydrogen-bond donors (Lipinski definition) is 0. The Morgan fingerprint density at radius 2 is 2.12 bits per heavy atom. The summed E-state index contributed by atoms with van der Waals surface area (Å²) >= 11 is -1.37. The lowest BCUT2D eigenvalue weighted by Gasteiger charge is -2.06. The van der Waals surface area contributed by atoms with Crippen LogP contribution in [0, 0.1) is 11.6 Å². The van der Waals surface area contributed by atoms with Gasteiger partial charge in [0.05, 0.1) is 17.1 Å². The van der Waals surface area contributed by atoms with Crippen molar-refractivity contribution in [2.45, 2.75) is 26.7 Å². The normalized spacial score (nSPS) is 13.8. The molecule has 2 nitrogen and oxygen atoms in total. The zero-order valence-corrected chi connectivity index (χ0v) is 10.7. The van der Waals surface area contributed by atoms with Crippen LogP contribution >= 0.6 is 0 Å². The first-order valence-electron chi connectivity index (χ1n) is 5.44. The highest BCUT2D eigenvalue weighted by Gasteiger charge is 2.13. The summed E-state index contributed by atoms with van der Waals surface area (Å²) in [5.74, 6) is -1.41. The molecule has 0 bridgehead atoms. The van der Waals surface area contributed by atoms with Crippen molar-refractivity contribution in [1.29, 1.82) is 0 Å². The Bertz CT molecular complexity index is 409. The molecule has 17 heavy (non-hydrogen) atoms. The van der Waals surface area contributed by atoms with Gasteiger partial charge in [-0.2, -0.15) is 0 Å². The average molecular weight is 259 g/mol. The van der Waals surface area contributed by atoms with Gasteiger partial charge >= 0.3 is 0 Å². The largest absolute Gasteiger partial charge is 0.591 e.